The number of aromatic amines is 4. The minimum atomic E-state index is -0.711. The summed E-state index contributed by atoms with van der Waals surface area (Å²) in [4.78, 5) is 130. The first-order valence-corrected chi connectivity index (χ1v) is 37.6. The van der Waals surface area contributed by atoms with Crippen molar-refractivity contribution in [1.82, 2.24) is 75.4 Å². The summed E-state index contributed by atoms with van der Waals surface area (Å²) in [5.41, 5.74) is 5.34. The average Bonchev–Trinajstić information content (AvgIpc) is 1.69. The Kier molecular flexibility index (Phi) is 24.2. The van der Waals surface area contributed by atoms with Gasteiger partial charge in [0.05, 0.1) is 49.0 Å². The van der Waals surface area contributed by atoms with Crippen molar-refractivity contribution in [2.75, 3.05) is 26.2 Å². The van der Waals surface area contributed by atoms with Gasteiger partial charge in [0.1, 0.15) is 69.8 Å². The van der Waals surface area contributed by atoms with Crippen LogP contribution < -0.4 is 16.0 Å². The zero-order valence-corrected chi connectivity index (χ0v) is 62.7. The van der Waals surface area contributed by atoms with Crippen LogP contribution in [0.25, 0.3) is 0 Å². The third-order valence-corrected chi connectivity index (χ3v) is 20.3. The third-order valence-electron chi connectivity index (χ3n) is 20.3. The van der Waals surface area contributed by atoms with Crippen LogP contribution in [0, 0.1) is 88.8 Å². The predicted molar refractivity (Wildman–Crippen MR) is 397 cm³/mol. The maximum Gasteiger partial charge on any atom is 0.408 e. The van der Waals surface area contributed by atoms with Gasteiger partial charge in [-0.15, -0.1) is 0 Å². The van der Waals surface area contributed by atoms with Gasteiger partial charge in [-0.2, -0.15) is 0 Å². The van der Waals surface area contributed by atoms with E-state index in [1.807, 2.05) is 112 Å². The Morgan fingerprint density at radius 3 is 0.905 bits per heavy atom. The van der Waals surface area contributed by atoms with Crippen LogP contribution in [0.15, 0.2) is 73.3 Å². The van der Waals surface area contributed by atoms with E-state index in [4.69, 9.17) is 4.74 Å². The first-order valence-electron chi connectivity index (χ1n) is 37.6. The lowest BCUT2D eigenvalue weighted by atomic mass is 9.96. The van der Waals surface area contributed by atoms with E-state index in [2.05, 4.69) is 117 Å². The highest BCUT2D eigenvalue weighted by Gasteiger charge is 2.43. The van der Waals surface area contributed by atoms with Gasteiger partial charge in [0.15, 0.2) is 0 Å². The second kappa shape index (κ2) is 33.6. The van der Waals surface area contributed by atoms with Crippen LogP contribution in [-0.4, -0.2) is 151 Å². The molecule has 0 spiro atoms. The highest BCUT2D eigenvalue weighted by molar-refractivity contribution is 5.91. The van der Waals surface area contributed by atoms with Crippen molar-refractivity contribution >= 4 is 41.5 Å². The molecule has 4 aliphatic heterocycles. The van der Waals surface area contributed by atoms with Crippen LogP contribution in [0.1, 0.15) is 253 Å². The summed E-state index contributed by atoms with van der Waals surface area (Å²) in [6, 6.07) is 12.9. The SMILES string of the molecule is CC(C)[C@@H](C)C(=O)N1CCC[C@H]1c1ncc(C#Cc2ccc(C#Cc3cnc([C@@H]4CCCN4C(=O)[C@H](NC(=O)OC(C)(C)C)C(C)C)[nH]3)cc2)[nH]1.CC(C)[C@@H](NC(=O)C1CC1)C(=O)N1CCC[C@H]1c1ncc(C#Cc2ccc(C#Cc3cnc([C@@H]4CCCN4C(=O)[C@H](NC(=O)C4CC4)C(C)C)[nH]3)cc2)[nH]1. The number of amides is 7. The van der Waals surface area contributed by atoms with E-state index in [0.29, 0.717) is 65.8 Å². The Morgan fingerprint density at radius 1 is 0.390 bits per heavy atom. The molecule has 105 heavy (non-hydrogen) atoms. The van der Waals surface area contributed by atoms with E-state index in [1.165, 1.54) is 0 Å². The van der Waals surface area contributed by atoms with E-state index >= 15 is 0 Å². The molecule has 8 atom stereocenters. The Morgan fingerprint density at radius 2 is 0.657 bits per heavy atom. The number of alkyl carbamates (subject to hydrolysis) is 1. The van der Waals surface area contributed by atoms with Gasteiger partial charge in [0.25, 0.3) is 0 Å². The fraction of sp³-hybridized carbons (Fsp3) is 0.524. The van der Waals surface area contributed by atoms with Gasteiger partial charge in [-0.25, -0.2) is 24.7 Å². The number of hydrogen-bond acceptors (Lipinski definition) is 12. The van der Waals surface area contributed by atoms with Crippen LogP contribution in [0.3, 0.4) is 0 Å². The minimum absolute atomic E-state index is 0.0152. The number of nitrogens with one attached hydrogen (secondary N) is 7. The van der Waals surface area contributed by atoms with Crippen molar-refractivity contribution in [3.63, 3.8) is 0 Å². The second-order valence-electron chi connectivity index (χ2n) is 31.1. The number of aromatic nitrogens is 8. The zero-order valence-electron chi connectivity index (χ0n) is 62.7. The van der Waals surface area contributed by atoms with Gasteiger partial charge in [-0.1, -0.05) is 86.0 Å². The van der Waals surface area contributed by atoms with Crippen LogP contribution in [0.5, 0.6) is 0 Å². The summed E-state index contributed by atoms with van der Waals surface area (Å²) in [5.74, 6) is 28.3. The molecule has 4 aromatic heterocycles. The molecule has 2 saturated carbocycles. The summed E-state index contributed by atoms with van der Waals surface area (Å²) in [6.45, 7) is 25.8. The molecule has 6 fully saturated rings. The summed E-state index contributed by atoms with van der Waals surface area (Å²) >= 11 is 0. The summed E-state index contributed by atoms with van der Waals surface area (Å²) < 4.78 is 5.41. The van der Waals surface area contributed by atoms with Gasteiger partial charge in [-0.3, -0.25) is 28.8 Å². The number of ether oxygens (including phenoxy) is 1. The van der Waals surface area contributed by atoms with E-state index in [0.717, 1.165) is 112 Å². The molecule has 2 aliphatic carbocycles. The number of imidazole rings is 4. The van der Waals surface area contributed by atoms with Crippen LogP contribution >= 0.6 is 0 Å². The Bertz CT molecular complexity index is 4240. The van der Waals surface area contributed by atoms with Crippen LogP contribution in [0.4, 0.5) is 4.79 Å². The Balaban J connectivity index is 0.000000210. The number of hydrogen-bond donors (Lipinski definition) is 7. The van der Waals surface area contributed by atoms with E-state index in [-0.39, 0.29) is 95.1 Å². The molecule has 7 amide bonds. The van der Waals surface area contributed by atoms with Crippen LogP contribution in [0.2, 0.25) is 0 Å². The molecule has 7 N–H and O–H groups in total. The number of rotatable bonds is 17. The Hall–Kier alpha value is -10.4. The largest absolute Gasteiger partial charge is 0.444 e. The Labute approximate surface area is 616 Å². The fourth-order valence-corrected chi connectivity index (χ4v) is 13.7. The minimum Gasteiger partial charge on any atom is -0.444 e. The molecule has 0 bridgehead atoms. The molecule has 23 nitrogen and oxygen atoms in total. The van der Waals surface area contributed by atoms with Gasteiger partial charge in [0, 0.05) is 66.2 Å². The molecule has 2 aromatic carbocycles. The van der Waals surface area contributed by atoms with Gasteiger partial charge in [-0.05, 0) is 194 Å². The van der Waals surface area contributed by atoms with Crippen molar-refractivity contribution in [3.05, 3.63) is 142 Å². The first kappa shape index (κ1) is 75.8. The summed E-state index contributed by atoms with van der Waals surface area (Å²) in [5, 5.41) is 8.78. The lowest BCUT2D eigenvalue weighted by Gasteiger charge is -2.31. The zero-order chi connectivity index (χ0) is 74.8. The standard InChI is InChI=1S/C42H50N8O4.C40H51N7O4/c1-25(2)35(47-39(51)29-15-16-29)41(53)49-21-5-7-33(49)37-43-23-31(45-37)19-13-27-9-11-28(12-10-27)14-20-32-24-44-38(46-32)34-8-6-22-50(34)42(54)36(26(3)4)48-40(52)30-17-18-30;1-25(2)27(5)37(48)46-21-9-11-32(46)35-41-23-30(43-35)19-17-28-13-15-29(16-14-28)18-20-31-24-42-36(44-31)33-12-10-22-47(33)38(49)34(26(3)4)45-39(50)51-40(6,7)8/h9-12,23-26,29-30,33-36H,5-8,15-18,21-22H2,1-4H3,(H,43,45)(H,44,46)(H,47,51)(H,48,52);13-16,23-27,32-34H,9-12,21-22H2,1-8H3,(H,41,43)(H,42,44)(H,45,50)/t33-,34-,35+,36+;27-,32+,33+,34-/m01/s1. The predicted octanol–water partition coefficient (Wildman–Crippen LogP) is 10.5. The number of likely N-dealkylation sites (tertiary alicyclic amines) is 4. The first-order chi connectivity index (χ1) is 50.2. The molecule has 0 unspecified atom stereocenters. The van der Waals surface area contributed by atoms with Gasteiger partial charge in [0.2, 0.25) is 35.4 Å². The molecule has 6 aliphatic rings. The van der Waals surface area contributed by atoms with Crippen LogP contribution in [-0.2, 0) is 33.5 Å². The smallest absolute Gasteiger partial charge is 0.408 e. The number of benzene rings is 2. The van der Waals surface area contributed by atoms with Crippen molar-refractivity contribution in [1.29, 1.82) is 0 Å². The van der Waals surface area contributed by atoms with Crippen molar-refractivity contribution in [2.24, 2.45) is 41.4 Å². The lowest BCUT2D eigenvalue weighted by molar-refractivity contribution is -0.139. The third kappa shape index (κ3) is 19.5. The molecule has 6 aromatic rings. The molecule has 0 radical (unpaired) electrons. The van der Waals surface area contributed by atoms with Crippen molar-refractivity contribution in [3.8, 4) is 47.4 Å². The van der Waals surface area contributed by atoms with Crippen molar-refractivity contribution in [2.45, 2.75) is 208 Å². The number of carbonyl (C=O) groups is 7. The molecule has 4 saturated heterocycles. The number of nitrogens with zero attached hydrogens (tertiary/aromatic N) is 8. The highest BCUT2D eigenvalue weighted by atomic mass is 16.6. The molecule has 8 heterocycles. The number of carbonyl (C=O) groups excluding carboxylic acids is 7. The van der Waals surface area contributed by atoms with Crippen molar-refractivity contribution < 1.29 is 38.3 Å². The quantitative estimate of drug-likeness (QED) is 0.0420. The molecular formula is C82H101N15O8. The number of H-pyrrole nitrogens is 4. The van der Waals surface area contributed by atoms with E-state index < -0.39 is 29.8 Å². The normalized spacial score (nSPS) is 19.6. The fourth-order valence-electron chi connectivity index (χ4n) is 13.7. The van der Waals surface area contributed by atoms with E-state index in [9.17, 15) is 33.6 Å². The van der Waals surface area contributed by atoms with Gasteiger partial charge >= 0.3 is 6.09 Å². The maximum absolute atomic E-state index is 13.6. The maximum atomic E-state index is 13.6. The molecule has 23 heteroatoms. The van der Waals surface area contributed by atoms with E-state index in [1.54, 1.807) is 50.5 Å². The summed E-state index contributed by atoms with van der Waals surface area (Å²) in [7, 11) is 0. The highest BCUT2D eigenvalue weighted by Crippen LogP contribution is 2.37. The molecule has 552 valence electrons. The second-order valence-corrected chi connectivity index (χ2v) is 31.1. The molecule has 12 rings (SSSR count). The molecular weight excluding hydrogens is 1320 g/mol. The monoisotopic (exact) mass is 1420 g/mol. The van der Waals surface area contributed by atoms with Gasteiger partial charge < -0.3 is 60.2 Å². The average molecular weight is 1420 g/mol. The topological polar surface area (TPSA) is 292 Å². The summed E-state index contributed by atoms with van der Waals surface area (Å²) in [6.07, 6.45) is 16.6. The lowest BCUT2D eigenvalue weighted by Crippen LogP contribution is -2.52.